The topological polar surface area (TPSA) is 52.6 Å². The Balaban J connectivity index is 1.52. The third-order valence-corrected chi connectivity index (χ3v) is 6.48. The van der Waals surface area contributed by atoms with Crippen molar-refractivity contribution in [3.8, 4) is 0 Å². The number of hydrogen-bond donors (Lipinski definition) is 2. The molecule has 0 spiro atoms. The molecule has 1 aliphatic carbocycles. The van der Waals surface area contributed by atoms with E-state index >= 15 is 0 Å². The van der Waals surface area contributed by atoms with Crippen molar-refractivity contribution in [1.82, 2.24) is 10.2 Å². The maximum Gasteiger partial charge on any atom is 0.253 e. The molecule has 2 unspecified atom stereocenters. The Morgan fingerprint density at radius 3 is 2.71 bits per heavy atom. The fourth-order valence-corrected chi connectivity index (χ4v) is 5.19. The molecule has 2 heterocycles. The van der Waals surface area contributed by atoms with Crippen LogP contribution in [0.4, 0.5) is 0 Å². The quantitative estimate of drug-likeness (QED) is 0.834. The SMILES string of the molecule is O=C(NC1CCCN(C2CCCCC2)C1)C1(O)CCSC1. The van der Waals surface area contributed by atoms with Gasteiger partial charge in [0.1, 0.15) is 0 Å². The van der Waals surface area contributed by atoms with Gasteiger partial charge in [-0.25, -0.2) is 0 Å². The number of amides is 1. The van der Waals surface area contributed by atoms with Crippen molar-refractivity contribution in [2.45, 2.75) is 69.1 Å². The van der Waals surface area contributed by atoms with Crippen molar-refractivity contribution in [3.63, 3.8) is 0 Å². The van der Waals surface area contributed by atoms with E-state index < -0.39 is 5.60 Å². The second-order valence-corrected chi connectivity index (χ2v) is 8.04. The zero-order chi connectivity index (χ0) is 14.7. The molecular formula is C16H28N2O2S. The Morgan fingerprint density at radius 2 is 2.00 bits per heavy atom. The van der Waals surface area contributed by atoms with Gasteiger partial charge < -0.3 is 10.4 Å². The Bertz CT molecular complexity index is 365. The van der Waals surface area contributed by atoms with Crippen LogP contribution in [0.25, 0.3) is 0 Å². The number of carbonyl (C=O) groups excluding carboxylic acids is 1. The number of nitrogens with zero attached hydrogens (tertiary/aromatic N) is 1. The number of rotatable bonds is 3. The zero-order valence-corrected chi connectivity index (χ0v) is 13.7. The molecule has 3 aliphatic rings. The summed E-state index contributed by atoms with van der Waals surface area (Å²) in [6, 6.07) is 0.950. The molecular weight excluding hydrogens is 284 g/mol. The van der Waals surface area contributed by atoms with Gasteiger partial charge in [0.15, 0.2) is 5.60 Å². The minimum absolute atomic E-state index is 0.136. The number of piperidine rings is 1. The van der Waals surface area contributed by atoms with E-state index in [0.717, 1.165) is 31.2 Å². The largest absolute Gasteiger partial charge is 0.379 e. The van der Waals surface area contributed by atoms with E-state index in [1.54, 1.807) is 11.8 Å². The lowest BCUT2D eigenvalue weighted by Gasteiger charge is -2.40. The molecule has 4 nitrogen and oxygen atoms in total. The molecule has 3 rings (SSSR count). The normalized spacial score (nSPS) is 35.8. The van der Waals surface area contributed by atoms with Crippen molar-refractivity contribution in [1.29, 1.82) is 0 Å². The summed E-state index contributed by atoms with van der Waals surface area (Å²) in [6.07, 6.45) is 9.55. The molecule has 2 N–H and O–H groups in total. The Labute approximate surface area is 132 Å². The molecule has 3 fully saturated rings. The molecule has 0 aromatic carbocycles. The van der Waals surface area contributed by atoms with Crippen molar-refractivity contribution in [2.75, 3.05) is 24.6 Å². The summed E-state index contributed by atoms with van der Waals surface area (Å²) in [5.41, 5.74) is -1.11. The van der Waals surface area contributed by atoms with Crippen LogP contribution in [0.2, 0.25) is 0 Å². The smallest absolute Gasteiger partial charge is 0.253 e. The average molecular weight is 312 g/mol. The van der Waals surface area contributed by atoms with Crippen molar-refractivity contribution < 1.29 is 9.90 Å². The molecule has 2 atom stereocenters. The fraction of sp³-hybridized carbons (Fsp3) is 0.938. The monoisotopic (exact) mass is 312 g/mol. The predicted octanol–water partition coefficient (Wildman–Crippen LogP) is 1.77. The van der Waals surface area contributed by atoms with E-state index in [1.807, 2.05) is 0 Å². The first-order valence-electron chi connectivity index (χ1n) is 8.52. The minimum Gasteiger partial charge on any atom is -0.379 e. The first-order valence-corrected chi connectivity index (χ1v) is 9.68. The summed E-state index contributed by atoms with van der Waals surface area (Å²) in [4.78, 5) is 14.9. The van der Waals surface area contributed by atoms with E-state index in [-0.39, 0.29) is 11.9 Å². The Kier molecular flexibility index (Phi) is 5.12. The van der Waals surface area contributed by atoms with Gasteiger partial charge in [-0.15, -0.1) is 0 Å². The highest BCUT2D eigenvalue weighted by molar-refractivity contribution is 7.99. The maximum atomic E-state index is 12.3. The summed E-state index contributed by atoms with van der Waals surface area (Å²) >= 11 is 1.67. The van der Waals surface area contributed by atoms with E-state index in [9.17, 15) is 9.90 Å². The van der Waals surface area contributed by atoms with E-state index in [0.29, 0.717) is 12.2 Å². The second kappa shape index (κ2) is 6.88. The molecule has 1 amide bonds. The second-order valence-electron chi connectivity index (χ2n) is 6.93. The van der Waals surface area contributed by atoms with Gasteiger partial charge in [-0.05, 0) is 44.4 Å². The molecule has 5 heteroatoms. The Morgan fingerprint density at radius 1 is 1.19 bits per heavy atom. The highest BCUT2D eigenvalue weighted by Gasteiger charge is 2.40. The van der Waals surface area contributed by atoms with E-state index in [4.69, 9.17) is 0 Å². The highest BCUT2D eigenvalue weighted by atomic mass is 32.2. The molecule has 21 heavy (non-hydrogen) atoms. The van der Waals surface area contributed by atoms with Gasteiger partial charge in [-0.3, -0.25) is 9.69 Å². The number of thioether (sulfide) groups is 1. The van der Waals surface area contributed by atoms with Gasteiger partial charge in [-0.2, -0.15) is 11.8 Å². The maximum absolute atomic E-state index is 12.3. The molecule has 1 saturated carbocycles. The van der Waals surface area contributed by atoms with Crippen molar-refractivity contribution >= 4 is 17.7 Å². The zero-order valence-electron chi connectivity index (χ0n) is 12.9. The molecule has 0 bridgehead atoms. The van der Waals surface area contributed by atoms with Crippen LogP contribution in [0.1, 0.15) is 51.4 Å². The number of nitrogens with one attached hydrogen (secondary N) is 1. The number of carbonyl (C=O) groups is 1. The first kappa shape index (κ1) is 15.6. The number of hydrogen-bond acceptors (Lipinski definition) is 4. The summed E-state index contributed by atoms with van der Waals surface area (Å²) in [5.74, 6) is 1.31. The number of likely N-dealkylation sites (tertiary alicyclic amines) is 1. The molecule has 2 saturated heterocycles. The summed E-state index contributed by atoms with van der Waals surface area (Å²) in [6.45, 7) is 2.15. The summed E-state index contributed by atoms with van der Waals surface area (Å²) < 4.78 is 0. The third kappa shape index (κ3) is 3.74. The molecule has 2 aliphatic heterocycles. The molecule has 0 radical (unpaired) electrons. The molecule has 0 aromatic rings. The standard InChI is InChI=1S/C16H28N2O2S/c19-15(16(20)8-10-21-12-16)17-13-5-4-9-18(11-13)14-6-2-1-3-7-14/h13-14,20H,1-12H2,(H,17,19). The fourth-order valence-electron chi connectivity index (χ4n) is 3.96. The van der Waals surface area contributed by atoms with E-state index in [2.05, 4.69) is 10.2 Å². The third-order valence-electron chi connectivity index (χ3n) is 5.30. The van der Waals surface area contributed by atoms with Gasteiger partial charge >= 0.3 is 0 Å². The van der Waals surface area contributed by atoms with Crippen LogP contribution in [-0.2, 0) is 4.79 Å². The van der Waals surface area contributed by atoms with Gasteiger partial charge in [0.05, 0.1) is 0 Å². The van der Waals surface area contributed by atoms with Crippen LogP contribution in [0.3, 0.4) is 0 Å². The lowest BCUT2D eigenvalue weighted by Crippen LogP contribution is -2.56. The average Bonchev–Trinajstić information content (AvgIpc) is 2.97. The van der Waals surface area contributed by atoms with Crippen molar-refractivity contribution in [2.24, 2.45) is 0 Å². The van der Waals surface area contributed by atoms with Gasteiger partial charge in [0, 0.05) is 24.4 Å². The van der Waals surface area contributed by atoms with Gasteiger partial charge in [0.25, 0.3) is 5.91 Å². The van der Waals surface area contributed by atoms with Crippen LogP contribution in [-0.4, -0.2) is 58.2 Å². The van der Waals surface area contributed by atoms with Gasteiger partial charge in [0.2, 0.25) is 0 Å². The first-order chi connectivity index (χ1) is 10.2. The minimum atomic E-state index is -1.11. The summed E-state index contributed by atoms with van der Waals surface area (Å²) in [7, 11) is 0. The lowest BCUT2D eigenvalue weighted by molar-refractivity contribution is -0.138. The Hall–Kier alpha value is -0.260. The summed E-state index contributed by atoms with van der Waals surface area (Å²) in [5, 5.41) is 13.5. The predicted molar refractivity (Wildman–Crippen MR) is 86.5 cm³/mol. The van der Waals surface area contributed by atoms with E-state index in [1.165, 1.54) is 38.6 Å². The van der Waals surface area contributed by atoms with Crippen LogP contribution in [0.5, 0.6) is 0 Å². The van der Waals surface area contributed by atoms with Crippen LogP contribution in [0.15, 0.2) is 0 Å². The lowest BCUT2D eigenvalue weighted by atomic mass is 9.92. The van der Waals surface area contributed by atoms with Crippen molar-refractivity contribution in [3.05, 3.63) is 0 Å². The van der Waals surface area contributed by atoms with Crippen LogP contribution >= 0.6 is 11.8 Å². The number of aliphatic hydroxyl groups is 1. The highest BCUT2D eigenvalue weighted by Crippen LogP contribution is 2.29. The van der Waals surface area contributed by atoms with Crippen LogP contribution < -0.4 is 5.32 Å². The molecule has 0 aromatic heterocycles. The van der Waals surface area contributed by atoms with Crippen LogP contribution in [0, 0.1) is 0 Å². The van der Waals surface area contributed by atoms with Gasteiger partial charge in [-0.1, -0.05) is 19.3 Å². The molecule has 120 valence electrons.